The summed E-state index contributed by atoms with van der Waals surface area (Å²) in [5.74, 6) is 1.53. The van der Waals surface area contributed by atoms with Gasteiger partial charge in [-0.25, -0.2) is 0 Å². The lowest BCUT2D eigenvalue weighted by molar-refractivity contribution is 0.338. The highest BCUT2D eigenvalue weighted by molar-refractivity contribution is 5.44. The Morgan fingerprint density at radius 1 is 1.14 bits per heavy atom. The predicted octanol–water partition coefficient (Wildman–Crippen LogP) is 4.08. The van der Waals surface area contributed by atoms with E-state index in [-0.39, 0.29) is 0 Å². The summed E-state index contributed by atoms with van der Waals surface area (Å²) in [5.41, 5.74) is 4.30. The van der Waals surface area contributed by atoms with Crippen molar-refractivity contribution in [3.8, 4) is 5.75 Å². The fraction of sp³-hybridized carbons (Fsp3) is 0.368. The Kier molecular flexibility index (Phi) is 4.26. The quantitative estimate of drug-likeness (QED) is 0.861. The van der Waals surface area contributed by atoms with Crippen LogP contribution in [0.25, 0.3) is 0 Å². The number of hydrogen-bond acceptors (Lipinski definition) is 2. The van der Waals surface area contributed by atoms with Crippen LogP contribution >= 0.6 is 0 Å². The van der Waals surface area contributed by atoms with Crippen LogP contribution in [0, 0.1) is 0 Å². The van der Waals surface area contributed by atoms with Crippen molar-refractivity contribution >= 4 is 0 Å². The summed E-state index contributed by atoms with van der Waals surface area (Å²) < 4.78 is 5.65. The van der Waals surface area contributed by atoms with Gasteiger partial charge in [-0.1, -0.05) is 43.3 Å². The lowest BCUT2D eigenvalue weighted by Crippen LogP contribution is -2.33. The predicted molar refractivity (Wildman–Crippen MR) is 86.9 cm³/mol. The summed E-state index contributed by atoms with van der Waals surface area (Å²) in [6.45, 7) is 5.88. The highest BCUT2D eigenvalue weighted by Crippen LogP contribution is 2.43. The molecule has 1 aliphatic carbocycles. The molecule has 2 atom stereocenters. The second-order valence-corrected chi connectivity index (χ2v) is 5.55. The van der Waals surface area contributed by atoms with Crippen LogP contribution in [0.2, 0.25) is 0 Å². The molecule has 21 heavy (non-hydrogen) atoms. The van der Waals surface area contributed by atoms with Crippen molar-refractivity contribution in [2.45, 2.75) is 32.2 Å². The Morgan fingerprint density at radius 3 is 2.76 bits per heavy atom. The molecule has 0 spiro atoms. The molecule has 0 radical (unpaired) electrons. The Hall–Kier alpha value is -1.80. The molecule has 0 bridgehead atoms. The van der Waals surface area contributed by atoms with Gasteiger partial charge in [0.1, 0.15) is 5.75 Å². The molecule has 2 heteroatoms. The molecule has 2 aromatic rings. The van der Waals surface area contributed by atoms with Crippen molar-refractivity contribution in [2.24, 2.45) is 0 Å². The van der Waals surface area contributed by atoms with Crippen molar-refractivity contribution in [1.29, 1.82) is 0 Å². The normalized spacial score (nSPS) is 17.7. The molecule has 0 amide bonds. The molecule has 0 heterocycles. The molecular weight excluding hydrogens is 258 g/mol. The maximum absolute atomic E-state index is 5.65. The average molecular weight is 281 g/mol. The zero-order valence-electron chi connectivity index (χ0n) is 12.8. The lowest BCUT2D eigenvalue weighted by Gasteiger charge is -2.37. The van der Waals surface area contributed by atoms with Crippen molar-refractivity contribution in [3.63, 3.8) is 0 Å². The van der Waals surface area contributed by atoms with Crippen LogP contribution in [0.4, 0.5) is 0 Å². The number of ether oxygens (including phenoxy) is 1. The van der Waals surface area contributed by atoms with Gasteiger partial charge in [-0.2, -0.15) is 0 Å². The van der Waals surface area contributed by atoms with Gasteiger partial charge >= 0.3 is 0 Å². The molecule has 1 N–H and O–H groups in total. The molecule has 2 unspecified atom stereocenters. The van der Waals surface area contributed by atoms with Crippen LogP contribution in [-0.4, -0.2) is 13.2 Å². The summed E-state index contributed by atoms with van der Waals surface area (Å²) in [6, 6.07) is 17.7. The van der Waals surface area contributed by atoms with Crippen molar-refractivity contribution in [2.75, 3.05) is 13.2 Å². The fourth-order valence-electron chi connectivity index (χ4n) is 3.27. The second-order valence-electron chi connectivity index (χ2n) is 5.55. The summed E-state index contributed by atoms with van der Waals surface area (Å²) >= 11 is 0. The number of hydrogen-bond donors (Lipinski definition) is 1. The van der Waals surface area contributed by atoms with Crippen LogP contribution in [0.3, 0.4) is 0 Å². The number of fused-ring (bicyclic) bond motifs is 1. The standard InChI is InChI=1S/C19H23NO/c1-3-20-19(15-9-7-10-16(12-15)21-4-2)18-13-14-8-5-6-11-17(14)18/h5-12,18-20H,3-4,13H2,1-2H3. The van der Waals surface area contributed by atoms with Gasteiger partial charge in [0.15, 0.2) is 0 Å². The Labute approximate surface area is 127 Å². The monoisotopic (exact) mass is 281 g/mol. The van der Waals surface area contributed by atoms with Gasteiger partial charge in [-0.15, -0.1) is 0 Å². The van der Waals surface area contributed by atoms with Gasteiger partial charge in [-0.05, 0) is 48.7 Å². The van der Waals surface area contributed by atoms with Gasteiger partial charge in [-0.3, -0.25) is 0 Å². The molecule has 0 fully saturated rings. The average Bonchev–Trinajstić information content (AvgIpc) is 2.48. The fourth-order valence-corrected chi connectivity index (χ4v) is 3.27. The van der Waals surface area contributed by atoms with Crippen molar-refractivity contribution in [1.82, 2.24) is 5.32 Å². The van der Waals surface area contributed by atoms with Gasteiger partial charge in [0.25, 0.3) is 0 Å². The van der Waals surface area contributed by atoms with E-state index >= 15 is 0 Å². The molecule has 2 aromatic carbocycles. The Balaban J connectivity index is 1.87. The first-order valence-corrected chi connectivity index (χ1v) is 7.87. The minimum absolute atomic E-state index is 0.366. The molecule has 2 nitrogen and oxygen atoms in total. The third-order valence-corrected chi connectivity index (χ3v) is 4.25. The van der Waals surface area contributed by atoms with E-state index in [0.29, 0.717) is 18.6 Å². The zero-order valence-corrected chi connectivity index (χ0v) is 12.8. The highest BCUT2D eigenvalue weighted by atomic mass is 16.5. The zero-order chi connectivity index (χ0) is 14.7. The Morgan fingerprint density at radius 2 is 2.00 bits per heavy atom. The molecule has 0 saturated carbocycles. The van der Waals surface area contributed by atoms with Crippen LogP contribution in [-0.2, 0) is 6.42 Å². The number of benzene rings is 2. The molecular formula is C19H23NO. The van der Waals surface area contributed by atoms with Crippen molar-refractivity contribution in [3.05, 3.63) is 65.2 Å². The third-order valence-electron chi connectivity index (χ3n) is 4.25. The van der Waals surface area contributed by atoms with E-state index in [1.807, 2.05) is 13.0 Å². The van der Waals surface area contributed by atoms with Crippen LogP contribution in [0.5, 0.6) is 5.75 Å². The van der Waals surface area contributed by atoms with E-state index < -0.39 is 0 Å². The van der Waals surface area contributed by atoms with Gasteiger partial charge in [0, 0.05) is 12.0 Å². The van der Waals surface area contributed by atoms with Gasteiger partial charge in [0.2, 0.25) is 0 Å². The largest absolute Gasteiger partial charge is 0.494 e. The third kappa shape index (κ3) is 2.81. The smallest absolute Gasteiger partial charge is 0.119 e. The summed E-state index contributed by atoms with van der Waals surface area (Å²) in [5, 5.41) is 3.66. The maximum Gasteiger partial charge on any atom is 0.119 e. The van der Waals surface area contributed by atoms with Crippen LogP contribution in [0.15, 0.2) is 48.5 Å². The van der Waals surface area contributed by atoms with E-state index in [0.717, 1.165) is 18.7 Å². The van der Waals surface area contributed by atoms with E-state index in [4.69, 9.17) is 4.74 Å². The number of likely N-dealkylation sites (N-methyl/N-ethyl adjacent to an activating group) is 1. The summed E-state index contributed by atoms with van der Waals surface area (Å²) in [4.78, 5) is 0. The SMILES string of the molecule is CCNC(c1cccc(OCC)c1)C1Cc2ccccc21. The highest BCUT2D eigenvalue weighted by Gasteiger charge is 2.33. The first-order chi connectivity index (χ1) is 10.3. The van der Waals surface area contributed by atoms with E-state index in [1.165, 1.54) is 16.7 Å². The summed E-state index contributed by atoms with van der Waals surface area (Å²) in [7, 11) is 0. The van der Waals surface area contributed by atoms with Crippen LogP contribution in [0.1, 0.15) is 42.5 Å². The minimum atomic E-state index is 0.366. The van der Waals surface area contributed by atoms with Crippen molar-refractivity contribution < 1.29 is 4.74 Å². The number of nitrogens with one attached hydrogen (secondary N) is 1. The first-order valence-electron chi connectivity index (χ1n) is 7.87. The van der Waals surface area contributed by atoms with E-state index in [2.05, 4.69) is 54.7 Å². The minimum Gasteiger partial charge on any atom is -0.494 e. The number of rotatable bonds is 6. The van der Waals surface area contributed by atoms with Gasteiger partial charge < -0.3 is 10.1 Å². The van der Waals surface area contributed by atoms with Crippen LogP contribution < -0.4 is 10.1 Å². The molecule has 110 valence electrons. The lowest BCUT2D eigenvalue weighted by atomic mass is 9.71. The maximum atomic E-state index is 5.65. The first kappa shape index (κ1) is 14.2. The molecule has 3 rings (SSSR count). The topological polar surface area (TPSA) is 21.3 Å². The molecule has 0 aliphatic heterocycles. The Bertz CT molecular complexity index is 608. The van der Waals surface area contributed by atoms with E-state index in [1.54, 1.807) is 0 Å². The van der Waals surface area contributed by atoms with E-state index in [9.17, 15) is 0 Å². The molecule has 1 aliphatic rings. The molecule has 0 saturated heterocycles. The summed E-state index contributed by atoms with van der Waals surface area (Å²) in [6.07, 6.45) is 1.16. The van der Waals surface area contributed by atoms with Gasteiger partial charge in [0.05, 0.1) is 6.61 Å². The molecule has 0 aromatic heterocycles. The second kappa shape index (κ2) is 6.31.